The zero-order chi connectivity index (χ0) is 24.2. The maximum absolute atomic E-state index is 13.2. The Kier molecular flexibility index (Phi) is 5.57. The van der Waals surface area contributed by atoms with Crippen molar-refractivity contribution >= 4 is 23.4 Å². The summed E-state index contributed by atoms with van der Waals surface area (Å²) in [6.45, 7) is 4.55. The highest BCUT2D eigenvalue weighted by atomic mass is 16.2. The molecule has 0 spiro atoms. The van der Waals surface area contributed by atoms with Crippen LogP contribution in [-0.4, -0.2) is 69.6 Å². The molecule has 8 heteroatoms. The highest BCUT2D eigenvalue weighted by molar-refractivity contribution is 5.93. The number of amides is 3. The van der Waals surface area contributed by atoms with Crippen LogP contribution in [0.3, 0.4) is 0 Å². The van der Waals surface area contributed by atoms with Crippen molar-refractivity contribution in [1.82, 2.24) is 24.5 Å². The van der Waals surface area contributed by atoms with Gasteiger partial charge in [-0.3, -0.25) is 18.8 Å². The maximum atomic E-state index is 13.2. The van der Waals surface area contributed by atoms with Crippen molar-refractivity contribution in [2.24, 2.45) is 23.2 Å². The van der Waals surface area contributed by atoms with Crippen molar-refractivity contribution in [3.05, 3.63) is 35.8 Å². The molecule has 0 atom stereocenters. The Hall–Kier alpha value is -2.90. The second-order valence-electron chi connectivity index (χ2n) is 11.5. The largest absolute Gasteiger partial charge is 0.350 e. The van der Waals surface area contributed by atoms with E-state index in [-0.39, 0.29) is 29.6 Å². The molecule has 4 bridgehead atoms. The van der Waals surface area contributed by atoms with Gasteiger partial charge in [0.15, 0.2) is 0 Å². The van der Waals surface area contributed by atoms with Gasteiger partial charge in [0.1, 0.15) is 11.3 Å². The van der Waals surface area contributed by atoms with Crippen LogP contribution in [-0.2, 0) is 16.0 Å². The normalized spacial score (nSPS) is 29.6. The first kappa shape index (κ1) is 22.6. The fraction of sp³-hybridized carbons (Fsp3) is 0.630. The van der Waals surface area contributed by atoms with Gasteiger partial charge < -0.3 is 15.1 Å². The second-order valence-corrected chi connectivity index (χ2v) is 11.5. The van der Waals surface area contributed by atoms with E-state index < -0.39 is 0 Å². The van der Waals surface area contributed by atoms with Crippen molar-refractivity contribution in [3.8, 4) is 0 Å². The summed E-state index contributed by atoms with van der Waals surface area (Å²) in [5.41, 5.74) is 2.19. The van der Waals surface area contributed by atoms with E-state index in [4.69, 9.17) is 0 Å². The quantitative estimate of drug-likeness (QED) is 0.717. The molecule has 1 saturated heterocycles. The first-order valence-corrected chi connectivity index (χ1v) is 13.2. The predicted molar refractivity (Wildman–Crippen MR) is 131 cm³/mol. The summed E-state index contributed by atoms with van der Waals surface area (Å²) in [4.78, 5) is 45.8. The molecule has 186 valence electrons. The Balaban J connectivity index is 1.12. The first-order valence-electron chi connectivity index (χ1n) is 13.2. The van der Waals surface area contributed by atoms with Crippen LogP contribution in [0.5, 0.6) is 0 Å². The maximum Gasteiger partial charge on any atom is 0.268 e. The van der Waals surface area contributed by atoms with Crippen LogP contribution in [0, 0.1) is 23.2 Å². The Bertz CT molecular complexity index is 1130. The third-order valence-corrected chi connectivity index (χ3v) is 8.97. The number of carbonyl (C=O) groups excluding carboxylic acids is 3. The van der Waals surface area contributed by atoms with Crippen molar-refractivity contribution < 1.29 is 14.4 Å². The lowest BCUT2D eigenvalue weighted by Crippen LogP contribution is -2.51. The van der Waals surface area contributed by atoms with E-state index in [9.17, 15) is 14.4 Å². The standard InChI is InChI=1S/C27H35N5O3/c1-18(33)30-5-7-31(8-6-30)25(34)12-22-16-32-23(3-2-4-24(32)29-22)26(35)28-17-27-13-19-9-20(14-27)11-21(10-19)15-27/h2-4,16,19-21H,5-15,17H2,1H3,(H,28,35). The molecule has 2 aromatic heterocycles. The summed E-state index contributed by atoms with van der Waals surface area (Å²) in [6.07, 6.45) is 10.00. The first-order chi connectivity index (χ1) is 16.9. The van der Waals surface area contributed by atoms with Gasteiger partial charge in [-0.25, -0.2) is 4.98 Å². The fourth-order valence-electron chi connectivity index (χ4n) is 7.73. The minimum atomic E-state index is -0.0676. The van der Waals surface area contributed by atoms with Crippen LogP contribution in [0.25, 0.3) is 5.65 Å². The smallest absolute Gasteiger partial charge is 0.268 e. The molecular formula is C27H35N5O3. The van der Waals surface area contributed by atoms with Crippen LogP contribution in [0.15, 0.2) is 24.4 Å². The lowest BCUT2D eigenvalue weighted by Gasteiger charge is -2.56. The molecular weight excluding hydrogens is 442 g/mol. The lowest BCUT2D eigenvalue weighted by atomic mass is 9.49. The number of rotatable bonds is 5. The van der Waals surface area contributed by atoms with Gasteiger partial charge in [0.05, 0.1) is 12.1 Å². The Morgan fingerprint density at radius 3 is 2.23 bits per heavy atom. The number of nitrogens with one attached hydrogen (secondary N) is 1. The molecule has 35 heavy (non-hydrogen) atoms. The van der Waals surface area contributed by atoms with Gasteiger partial charge in [0.25, 0.3) is 5.91 Å². The highest BCUT2D eigenvalue weighted by Crippen LogP contribution is 2.59. The topological polar surface area (TPSA) is 87.0 Å². The van der Waals surface area contributed by atoms with E-state index in [0.717, 1.165) is 24.3 Å². The van der Waals surface area contributed by atoms with Crippen LogP contribution in [0.2, 0.25) is 0 Å². The molecule has 1 aliphatic heterocycles. The average molecular weight is 478 g/mol. The number of carbonyl (C=O) groups is 3. The fourth-order valence-corrected chi connectivity index (χ4v) is 7.73. The number of hydrogen-bond acceptors (Lipinski definition) is 4. The summed E-state index contributed by atoms with van der Waals surface area (Å²) in [5.74, 6) is 2.57. The SMILES string of the molecule is CC(=O)N1CCN(C(=O)Cc2cn3c(C(=O)NCC45CC6CC(CC(C6)C4)C5)cccc3n2)CC1. The van der Waals surface area contributed by atoms with E-state index in [1.54, 1.807) is 16.7 Å². The van der Waals surface area contributed by atoms with E-state index in [2.05, 4.69) is 10.3 Å². The third kappa shape index (κ3) is 4.32. The summed E-state index contributed by atoms with van der Waals surface area (Å²) in [7, 11) is 0. The van der Waals surface area contributed by atoms with E-state index >= 15 is 0 Å². The van der Waals surface area contributed by atoms with Gasteiger partial charge >= 0.3 is 0 Å². The van der Waals surface area contributed by atoms with Gasteiger partial charge in [-0.1, -0.05) is 6.07 Å². The minimum Gasteiger partial charge on any atom is -0.350 e. The summed E-state index contributed by atoms with van der Waals surface area (Å²) >= 11 is 0. The molecule has 3 heterocycles. The number of fused-ring (bicyclic) bond motifs is 1. The number of imidazole rings is 1. The summed E-state index contributed by atoms with van der Waals surface area (Å²) in [6, 6.07) is 5.56. The van der Waals surface area contributed by atoms with Gasteiger partial charge in [0.2, 0.25) is 11.8 Å². The highest BCUT2D eigenvalue weighted by Gasteiger charge is 2.50. The van der Waals surface area contributed by atoms with Gasteiger partial charge in [-0.05, 0) is 73.8 Å². The third-order valence-electron chi connectivity index (χ3n) is 8.97. The molecule has 5 aliphatic rings. The van der Waals surface area contributed by atoms with Crippen LogP contribution >= 0.6 is 0 Å². The van der Waals surface area contributed by atoms with Crippen LogP contribution in [0.1, 0.15) is 61.6 Å². The average Bonchev–Trinajstić information content (AvgIpc) is 3.24. The molecule has 2 aromatic rings. The van der Waals surface area contributed by atoms with Crippen molar-refractivity contribution in [1.29, 1.82) is 0 Å². The molecule has 0 unspecified atom stereocenters. The molecule has 8 nitrogen and oxygen atoms in total. The summed E-state index contributed by atoms with van der Waals surface area (Å²) in [5, 5.41) is 3.27. The van der Waals surface area contributed by atoms with Gasteiger partial charge in [-0.15, -0.1) is 0 Å². The zero-order valence-electron chi connectivity index (χ0n) is 20.5. The number of pyridine rings is 1. The monoisotopic (exact) mass is 477 g/mol. The molecule has 0 aromatic carbocycles. The molecule has 1 N–H and O–H groups in total. The zero-order valence-corrected chi connectivity index (χ0v) is 20.5. The molecule has 0 radical (unpaired) electrons. The second kappa shape index (κ2) is 8.64. The van der Waals surface area contributed by atoms with Crippen LogP contribution in [0.4, 0.5) is 0 Å². The number of piperazine rings is 1. The Morgan fingerprint density at radius 2 is 1.60 bits per heavy atom. The Morgan fingerprint density at radius 1 is 0.971 bits per heavy atom. The predicted octanol–water partition coefficient (Wildman–Crippen LogP) is 2.51. The van der Waals surface area contributed by atoms with Crippen molar-refractivity contribution in [2.45, 2.75) is 51.9 Å². The molecule has 3 amide bonds. The van der Waals surface area contributed by atoms with Gasteiger partial charge in [0, 0.05) is 45.8 Å². The minimum absolute atomic E-state index is 0.00410. The molecule has 4 saturated carbocycles. The lowest BCUT2D eigenvalue weighted by molar-refractivity contribution is -0.138. The Labute approximate surface area is 206 Å². The van der Waals surface area contributed by atoms with Crippen molar-refractivity contribution in [2.75, 3.05) is 32.7 Å². The molecule has 5 fully saturated rings. The van der Waals surface area contributed by atoms with E-state index in [0.29, 0.717) is 43.2 Å². The van der Waals surface area contributed by atoms with Gasteiger partial charge in [-0.2, -0.15) is 0 Å². The van der Waals surface area contributed by atoms with Crippen LogP contribution < -0.4 is 5.32 Å². The molecule has 7 rings (SSSR count). The van der Waals surface area contributed by atoms with E-state index in [1.165, 1.54) is 38.5 Å². The number of hydrogen-bond donors (Lipinski definition) is 1. The van der Waals surface area contributed by atoms with Crippen molar-refractivity contribution in [3.63, 3.8) is 0 Å². The molecule has 4 aliphatic carbocycles. The van der Waals surface area contributed by atoms with E-state index in [1.807, 2.05) is 28.8 Å². The summed E-state index contributed by atoms with van der Waals surface area (Å²) < 4.78 is 1.81. The number of aromatic nitrogens is 2. The number of nitrogens with zero attached hydrogens (tertiary/aromatic N) is 4.